The van der Waals surface area contributed by atoms with Crippen molar-refractivity contribution in [3.8, 4) is 5.75 Å². The molecule has 2 N–H and O–H groups in total. The van der Waals surface area contributed by atoms with E-state index in [9.17, 15) is 14.7 Å². The molecule has 2 amide bonds. The number of phenols is 1. The molecule has 1 heterocycles. The van der Waals surface area contributed by atoms with Crippen molar-refractivity contribution >= 4 is 12.0 Å². The molecule has 0 fully saturated rings. The van der Waals surface area contributed by atoms with Crippen LogP contribution >= 0.6 is 0 Å². The van der Waals surface area contributed by atoms with E-state index >= 15 is 0 Å². The average molecular weight is 374 g/mol. The number of carbonyl (C=O) groups excluding carboxylic acids is 2. The fraction of sp³-hybridized carbons (Fsp3) is 0.400. The van der Waals surface area contributed by atoms with Gasteiger partial charge < -0.3 is 24.5 Å². The Morgan fingerprint density at radius 3 is 2.59 bits per heavy atom. The Kier molecular flexibility index (Phi) is 6.15. The Hall–Kier alpha value is -2.96. The Balaban J connectivity index is 1.98. The molecule has 2 rings (SSSR count). The second-order valence-electron chi connectivity index (χ2n) is 7.31. The quantitative estimate of drug-likeness (QED) is 0.829. The molecule has 0 bridgehead atoms. The highest BCUT2D eigenvalue weighted by atomic mass is 16.6. The van der Waals surface area contributed by atoms with Crippen molar-refractivity contribution in [3.05, 3.63) is 53.5 Å². The van der Waals surface area contributed by atoms with Crippen LogP contribution in [0.1, 0.15) is 55.6 Å². The van der Waals surface area contributed by atoms with Crippen LogP contribution in [0.3, 0.4) is 0 Å². The summed E-state index contributed by atoms with van der Waals surface area (Å²) in [5.74, 6) is 0.469. The number of ether oxygens (including phenoxy) is 1. The number of hydrogen-bond donors (Lipinski definition) is 2. The van der Waals surface area contributed by atoms with Gasteiger partial charge >= 0.3 is 6.09 Å². The predicted molar refractivity (Wildman–Crippen MR) is 100 cm³/mol. The molecular weight excluding hydrogens is 348 g/mol. The summed E-state index contributed by atoms with van der Waals surface area (Å²) in [5, 5.41) is 12.2. The molecule has 7 heteroatoms. The lowest BCUT2D eigenvalue weighted by atomic mass is 10.1. The molecule has 1 atom stereocenters. The van der Waals surface area contributed by atoms with E-state index in [1.54, 1.807) is 58.2 Å². The summed E-state index contributed by atoms with van der Waals surface area (Å²) >= 11 is 0. The van der Waals surface area contributed by atoms with E-state index in [0.717, 1.165) is 5.56 Å². The molecular formula is C20H26N2O5. The molecule has 0 unspecified atom stereocenters. The second-order valence-corrected chi connectivity index (χ2v) is 7.31. The minimum Gasteiger partial charge on any atom is -0.508 e. The first-order valence-corrected chi connectivity index (χ1v) is 8.68. The summed E-state index contributed by atoms with van der Waals surface area (Å²) in [6.45, 7) is 7.31. The summed E-state index contributed by atoms with van der Waals surface area (Å²) in [5.41, 5.74) is 0.225. The Bertz CT molecular complexity index is 807. The third-order valence-corrected chi connectivity index (χ3v) is 3.93. The second kappa shape index (κ2) is 8.16. The van der Waals surface area contributed by atoms with Crippen LogP contribution in [0.25, 0.3) is 0 Å². The number of phenolic OH excluding ortho intramolecular Hbond substituents is 1. The van der Waals surface area contributed by atoms with Crippen LogP contribution in [-0.4, -0.2) is 34.7 Å². The van der Waals surface area contributed by atoms with Crippen molar-refractivity contribution in [1.82, 2.24) is 10.2 Å². The SMILES string of the molecule is C[C@@H](c1cccc(O)c1)N(C)C(=O)c1ccc(CNC(=O)OC(C)(C)C)o1. The third kappa shape index (κ3) is 5.77. The minimum absolute atomic E-state index is 0.119. The summed E-state index contributed by atoms with van der Waals surface area (Å²) < 4.78 is 10.7. The van der Waals surface area contributed by atoms with Gasteiger partial charge in [-0.25, -0.2) is 4.79 Å². The van der Waals surface area contributed by atoms with Crippen LogP contribution in [0.5, 0.6) is 5.75 Å². The van der Waals surface area contributed by atoms with Gasteiger partial charge in [-0.15, -0.1) is 0 Å². The summed E-state index contributed by atoms with van der Waals surface area (Å²) in [7, 11) is 1.66. The number of aromatic hydroxyl groups is 1. The Morgan fingerprint density at radius 2 is 1.96 bits per heavy atom. The molecule has 2 aromatic rings. The van der Waals surface area contributed by atoms with E-state index in [2.05, 4.69) is 5.32 Å². The Labute approximate surface area is 158 Å². The number of rotatable bonds is 5. The van der Waals surface area contributed by atoms with Gasteiger partial charge in [0, 0.05) is 7.05 Å². The monoisotopic (exact) mass is 374 g/mol. The summed E-state index contributed by atoms with van der Waals surface area (Å²) in [6.07, 6.45) is -0.554. The van der Waals surface area contributed by atoms with Crippen molar-refractivity contribution < 1.29 is 23.8 Å². The molecule has 0 saturated heterocycles. The number of benzene rings is 1. The van der Waals surface area contributed by atoms with Crippen molar-refractivity contribution in [2.45, 2.75) is 45.9 Å². The maximum atomic E-state index is 12.6. The highest BCUT2D eigenvalue weighted by Gasteiger charge is 2.22. The lowest BCUT2D eigenvalue weighted by Crippen LogP contribution is -2.32. The first-order valence-electron chi connectivity index (χ1n) is 8.68. The van der Waals surface area contributed by atoms with Crippen molar-refractivity contribution in [3.63, 3.8) is 0 Å². The van der Waals surface area contributed by atoms with Gasteiger partial charge in [-0.2, -0.15) is 0 Å². The molecule has 0 radical (unpaired) electrons. The number of hydrogen-bond acceptors (Lipinski definition) is 5. The van der Waals surface area contributed by atoms with E-state index in [1.165, 1.54) is 4.90 Å². The third-order valence-electron chi connectivity index (χ3n) is 3.93. The van der Waals surface area contributed by atoms with Gasteiger partial charge in [0.2, 0.25) is 0 Å². The first kappa shape index (κ1) is 20.4. The van der Waals surface area contributed by atoms with Crippen LogP contribution in [0, 0.1) is 0 Å². The fourth-order valence-electron chi connectivity index (χ4n) is 2.42. The van der Waals surface area contributed by atoms with Crippen molar-refractivity contribution in [2.75, 3.05) is 7.05 Å². The van der Waals surface area contributed by atoms with Gasteiger partial charge in [0.15, 0.2) is 5.76 Å². The lowest BCUT2D eigenvalue weighted by Gasteiger charge is -2.24. The fourth-order valence-corrected chi connectivity index (χ4v) is 2.42. The van der Waals surface area contributed by atoms with Crippen molar-refractivity contribution in [2.24, 2.45) is 0 Å². The van der Waals surface area contributed by atoms with Crippen LogP contribution in [0.4, 0.5) is 4.79 Å². The normalized spacial score (nSPS) is 12.3. The van der Waals surface area contributed by atoms with Crippen LogP contribution in [0.2, 0.25) is 0 Å². The van der Waals surface area contributed by atoms with E-state index in [0.29, 0.717) is 5.76 Å². The molecule has 0 saturated carbocycles. The molecule has 0 aliphatic heterocycles. The van der Waals surface area contributed by atoms with Crippen LogP contribution < -0.4 is 5.32 Å². The van der Waals surface area contributed by atoms with Gasteiger partial charge in [0.25, 0.3) is 5.91 Å². The predicted octanol–water partition coefficient (Wildman–Crippen LogP) is 3.84. The summed E-state index contributed by atoms with van der Waals surface area (Å²) in [6, 6.07) is 9.72. The topological polar surface area (TPSA) is 92.0 Å². The maximum Gasteiger partial charge on any atom is 0.408 e. The molecule has 7 nitrogen and oxygen atoms in total. The molecule has 1 aromatic heterocycles. The van der Waals surface area contributed by atoms with Gasteiger partial charge in [0.1, 0.15) is 17.1 Å². The van der Waals surface area contributed by atoms with Crippen LogP contribution in [-0.2, 0) is 11.3 Å². The highest BCUT2D eigenvalue weighted by Crippen LogP contribution is 2.24. The zero-order valence-electron chi connectivity index (χ0n) is 16.3. The van der Waals surface area contributed by atoms with E-state index in [4.69, 9.17) is 9.15 Å². The zero-order chi connectivity index (χ0) is 20.2. The number of carbonyl (C=O) groups is 2. The number of alkyl carbamates (subject to hydrolysis) is 1. The molecule has 0 aliphatic rings. The average Bonchev–Trinajstić information content (AvgIpc) is 3.05. The standard InChI is InChI=1S/C20H26N2O5/c1-13(14-7-6-8-15(23)11-14)22(5)18(24)17-10-9-16(26-17)12-21-19(25)27-20(2,3)4/h6-11,13,23H,12H2,1-5H3,(H,21,25)/t13-/m0/s1. The number of nitrogens with one attached hydrogen (secondary N) is 1. The van der Waals surface area contributed by atoms with Gasteiger partial charge in [-0.1, -0.05) is 12.1 Å². The van der Waals surface area contributed by atoms with Gasteiger partial charge in [-0.05, 0) is 57.5 Å². The number of nitrogens with zero attached hydrogens (tertiary/aromatic N) is 1. The lowest BCUT2D eigenvalue weighted by molar-refractivity contribution is 0.0519. The molecule has 1 aromatic carbocycles. The minimum atomic E-state index is -0.584. The first-order chi connectivity index (χ1) is 12.6. The molecule has 146 valence electrons. The largest absolute Gasteiger partial charge is 0.508 e. The van der Waals surface area contributed by atoms with Gasteiger partial charge in [0.05, 0.1) is 12.6 Å². The zero-order valence-corrected chi connectivity index (χ0v) is 16.3. The van der Waals surface area contributed by atoms with E-state index in [-0.39, 0.29) is 30.0 Å². The smallest absolute Gasteiger partial charge is 0.408 e. The highest BCUT2D eigenvalue weighted by molar-refractivity contribution is 5.91. The maximum absolute atomic E-state index is 12.6. The summed E-state index contributed by atoms with van der Waals surface area (Å²) in [4.78, 5) is 25.9. The number of amides is 2. The molecule has 0 spiro atoms. The number of furan rings is 1. The Morgan fingerprint density at radius 1 is 1.26 bits per heavy atom. The van der Waals surface area contributed by atoms with E-state index < -0.39 is 11.7 Å². The van der Waals surface area contributed by atoms with Crippen molar-refractivity contribution in [1.29, 1.82) is 0 Å². The van der Waals surface area contributed by atoms with E-state index in [1.807, 2.05) is 13.0 Å². The molecule has 0 aliphatic carbocycles. The molecule has 27 heavy (non-hydrogen) atoms. The van der Waals surface area contributed by atoms with Gasteiger partial charge in [-0.3, -0.25) is 4.79 Å². The van der Waals surface area contributed by atoms with Crippen LogP contribution in [0.15, 0.2) is 40.8 Å².